The normalized spacial score (nSPS) is 45.0. The third-order valence-corrected chi connectivity index (χ3v) is 11.6. The van der Waals surface area contributed by atoms with Crippen LogP contribution in [0.3, 0.4) is 0 Å². The number of hydrogen-bond acceptors (Lipinski definition) is 12. The lowest BCUT2D eigenvalue weighted by Crippen LogP contribution is -2.70. The van der Waals surface area contributed by atoms with E-state index in [-0.39, 0.29) is 25.0 Å². The van der Waals surface area contributed by atoms with E-state index < -0.39 is 101 Å². The summed E-state index contributed by atoms with van der Waals surface area (Å²) in [6, 6.07) is 1.56. The van der Waals surface area contributed by atoms with Crippen molar-refractivity contribution in [3.8, 4) is 0 Å². The minimum atomic E-state index is -1.78. The Bertz CT molecular complexity index is 1370. The molecule has 256 valence electrons. The van der Waals surface area contributed by atoms with Gasteiger partial charge in [0.15, 0.2) is 12.4 Å². The first-order chi connectivity index (χ1) is 21.3. The Balaban J connectivity index is 1.67. The number of allylic oxidation sites excluding steroid dienone is 1. The van der Waals surface area contributed by atoms with Crippen LogP contribution in [-0.2, 0) is 28.6 Å². The summed E-state index contributed by atoms with van der Waals surface area (Å²) < 4.78 is 23.6. The minimum absolute atomic E-state index is 0.159. The topological polar surface area (TPSA) is 237 Å². The number of rotatable bonds is 9. The van der Waals surface area contributed by atoms with Gasteiger partial charge < -0.3 is 54.4 Å². The van der Waals surface area contributed by atoms with Gasteiger partial charge in [0, 0.05) is 29.4 Å². The second-order valence-corrected chi connectivity index (χ2v) is 14.4. The van der Waals surface area contributed by atoms with E-state index in [9.17, 15) is 50.1 Å². The number of aliphatic hydroxyl groups excluding tert-OH is 4. The van der Waals surface area contributed by atoms with Crippen molar-refractivity contribution in [2.45, 2.75) is 108 Å². The van der Waals surface area contributed by atoms with E-state index in [1.807, 2.05) is 0 Å². The molecular weight excluding hydrogens is 608 g/mol. The lowest BCUT2D eigenvalue weighted by molar-refractivity contribution is -0.328. The van der Waals surface area contributed by atoms with Gasteiger partial charge in [-0.25, -0.2) is 9.59 Å². The van der Waals surface area contributed by atoms with E-state index >= 15 is 0 Å². The molecule has 2 saturated carbocycles. The number of fused-ring (bicyclic) bond motifs is 2. The van der Waals surface area contributed by atoms with E-state index in [1.54, 1.807) is 40.7 Å². The highest BCUT2D eigenvalue weighted by Gasteiger charge is 2.86. The second kappa shape index (κ2) is 11.5. The molecule has 13 unspecified atom stereocenters. The summed E-state index contributed by atoms with van der Waals surface area (Å²) >= 11 is 0. The third-order valence-electron chi connectivity index (χ3n) is 11.6. The van der Waals surface area contributed by atoms with Crippen molar-refractivity contribution in [2.75, 3.05) is 6.61 Å². The van der Waals surface area contributed by atoms with Crippen molar-refractivity contribution in [2.24, 2.45) is 28.1 Å². The molecule has 13 atom stereocenters. The van der Waals surface area contributed by atoms with Gasteiger partial charge in [0.1, 0.15) is 35.8 Å². The van der Waals surface area contributed by atoms with Crippen LogP contribution in [-0.4, -0.2) is 108 Å². The molecule has 2 aliphatic heterocycles. The molecular formula is C32H44O14. The molecule has 4 fully saturated rings. The summed E-state index contributed by atoms with van der Waals surface area (Å²) in [5, 5.41) is 72.7. The first-order valence-corrected chi connectivity index (χ1v) is 15.4. The highest BCUT2D eigenvalue weighted by molar-refractivity contribution is 5.92. The number of furan rings is 1. The monoisotopic (exact) mass is 652 g/mol. The first kappa shape index (κ1) is 34.6. The SMILES string of the molecule is CC(C)(O)C1CC(=O)C2(C)C(CCC(C)(C(OC3OC(CO)C(O)C(O)C3O)c3ccoc3)C23OC3C(=O)O)C1(C)C=CC(=O)O. The number of ether oxygens (including phenoxy) is 3. The van der Waals surface area contributed by atoms with Crippen molar-refractivity contribution in [1.29, 1.82) is 0 Å². The van der Waals surface area contributed by atoms with Crippen molar-refractivity contribution in [3.05, 3.63) is 36.3 Å². The summed E-state index contributed by atoms with van der Waals surface area (Å²) in [4.78, 5) is 39.0. The van der Waals surface area contributed by atoms with Crippen molar-refractivity contribution < 1.29 is 68.8 Å². The number of carbonyl (C=O) groups excluding carboxylic acids is 1. The average molecular weight is 653 g/mol. The van der Waals surface area contributed by atoms with Gasteiger partial charge in [0.25, 0.3) is 0 Å². The Kier molecular flexibility index (Phi) is 8.64. The summed E-state index contributed by atoms with van der Waals surface area (Å²) in [6.45, 7) is 7.52. The van der Waals surface area contributed by atoms with Gasteiger partial charge in [-0.05, 0) is 51.0 Å². The fourth-order valence-electron chi connectivity index (χ4n) is 9.32. The Labute approximate surface area is 265 Å². The summed E-state index contributed by atoms with van der Waals surface area (Å²) in [5.41, 5.74) is -6.80. The molecule has 0 radical (unpaired) electrons. The van der Waals surface area contributed by atoms with E-state index in [2.05, 4.69) is 0 Å². The number of epoxide rings is 1. The van der Waals surface area contributed by atoms with Crippen LogP contribution < -0.4 is 0 Å². The Morgan fingerprint density at radius 3 is 2.33 bits per heavy atom. The fraction of sp³-hybridized carbons (Fsp3) is 0.719. The summed E-state index contributed by atoms with van der Waals surface area (Å²) in [6.07, 6.45) is -5.36. The van der Waals surface area contributed by atoms with Crippen LogP contribution >= 0.6 is 0 Å². The zero-order valence-corrected chi connectivity index (χ0v) is 26.4. The second-order valence-electron chi connectivity index (χ2n) is 14.4. The van der Waals surface area contributed by atoms with Crippen molar-refractivity contribution in [3.63, 3.8) is 0 Å². The standard InChI is InChI=1S/C32H44O14/c1-28(2,42)18-12-19(34)31(5)17(29(18,3)9-7-20(35)36)6-10-30(4,32(31)25(46-32)26(40)41)24(15-8-11-43-14-15)45-27-23(39)22(38)21(37)16(13-33)44-27/h7-9,11,14,16-18,21-25,27,33,37-39,42H,6,10,12-13H2,1-5H3,(H,35,36)(H,40,41). The molecule has 14 nitrogen and oxygen atoms in total. The van der Waals surface area contributed by atoms with Gasteiger partial charge >= 0.3 is 11.9 Å². The lowest BCUT2D eigenvalue weighted by Gasteiger charge is -2.64. The maximum Gasteiger partial charge on any atom is 0.335 e. The fourth-order valence-corrected chi connectivity index (χ4v) is 9.32. The summed E-state index contributed by atoms with van der Waals surface area (Å²) in [5.74, 6) is -4.32. The van der Waals surface area contributed by atoms with Crippen LogP contribution in [0.4, 0.5) is 0 Å². The molecule has 46 heavy (non-hydrogen) atoms. The van der Waals surface area contributed by atoms with Crippen molar-refractivity contribution >= 4 is 17.7 Å². The molecule has 1 aromatic rings. The average Bonchev–Trinajstić information content (AvgIpc) is 3.54. The Hall–Kier alpha value is -2.69. The number of Topliss-reactive ketones (excluding diaryl/α,β-unsaturated/α-hetero) is 1. The van der Waals surface area contributed by atoms with Crippen LogP contribution in [0.25, 0.3) is 0 Å². The quantitative estimate of drug-likeness (QED) is 0.144. The smallest absolute Gasteiger partial charge is 0.335 e. The van der Waals surface area contributed by atoms with Crippen LogP contribution in [0.2, 0.25) is 0 Å². The minimum Gasteiger partial charge on any atom is -0.479 e. The highest BCUT2D eigenvalue weighted by Crippen LogP contribution is 2.76. The summed E-state index contributed by atoms with van der Waals surface area (Å²) in [7, 11) is 0. The number of ketones is 1. The van der Waals surface area contributed by atoms with Crippen LogP contribution in [0.15, 0.2) is 35.2 Å². The molecule has 3 heterocycles. The first-order valence-electron chi connectivity index (χ1n) is 15.4. The molecule has 1 aromatic heterocycles. The number of carboxylic acid groups (broad SMARTS) is 2. The van der Waals surface area contributed by atoms with Gasteiger partial charge in [-0.15, -0.1) is 0 Å². The van der Waals surface area contributed by atoms with Gasteiger partial charge in [-0.3, -0.25) is 4.79 Å². The van der Waals surface area contributed by atoms with Gasteiger partial charge in [0.2, 0.25) is 0 Å². The number of carboxylic acids is 2. The number of hydrogen-bond donors (Lipinski definition) is 7. The van der Waals surface area contributed by atoms with Crippen LogP contribution in [0.1, 0.15) is 65.5 Å². The van der Waals surface area contributed by atoms with E-state index in [4.69, 9.17) is 18.6 Å². The molecule has 0 bridgehead atoms. The number of aliphatic carboxylic acids is 2. The zero-order valence-electron chi connectivity index (χ0n) is 26.4. The van der Waals surface area contributed by atoms with Gasteiger partial charge in [-0.1, -0.05) is 19.9 Å². The Morgan fingerprint density at radius 1 is 1.13 bits per heavy atom. The zero-order chi connectivity index (χ0) is 34.2. The highest BCUT2D eigenvalue weighted by atomic mass is 16.7. The molecule has 1 spiro atoms. The predicted octanol–water partition coefficient (Wildman–Crippen LogP) is 0.789. The number of carbonyl (C=O) groups is 3. The maximum atomic E-state index is 14.5. The van der Waals surface area contributed by atoms with E-state index in [0.717, 1.165) is 6.08 Å². The van der Waals surface area contributed by atoms with Gasteiger partial charge in [-0.2, -0.15) is 0 Å². The van der Waals surface area contributed by atoms with E-state index in [0.29, 0.717) is 5.56 Å². The third kappa shape index (κ3) is 4.88. The molecule has 0 aromatic carbocycles. The van der Waals surface area contributed by atoms with Crippen LogP contribution in [0, 0.1) is 28.1 Å². The largest absolute Gasteiger partial charge is 0.479 e. The van der Waals surface area contributed by atoms with Gasteiger partial charge in [0.05, 0.1) is 36.3 Å². The van der Waals surface area contributed by atoms with Crippen molar-refractivity contribution in [1.82, 2.24) is 0 Å². The Morgan fingerprint density at radius 2 is 1.80 bits per heavy atom. The molecule has 4 aliphatic rings. The molecule has 14 heteroatoms. The molecule has 7 N–H and O–H groups in total. The molecule has 2 aliphatic carbocycles. The molecule has 2 saturated heterocycles. The molecule has 0 amide bonds. The molecule has 5 rings (SSSR count). The lowest BCUT2D eigenvalue weighted by atomic mass is 9.38. The predicted molar refractivity (Wildman–Crippen MR) is 155 cm³/mol. The van der Waals surface area contributed by atoms with Crippen LogP contribution in [0.5, 0.6) is 0 Å². The number of aliphatic hydroxyl groups is 5. The van der Waals surface area contributed by atoms with E-state index in [1.165, 1.54) is 18.6 Å². The maximum absolute atomic E-state index is 14.5.